The van der Waals surface area contributed by atoms with E-state index in [9.17, 15) is 4.79 Å². The fourth-order valence-corrected chi connectivity index (χ4v) is 1.83. The number of benzene rings is 1. The van der Waals surface area contributed by atoms with Gasteiger partial charge < -0.3 is 10.0 Å². The first-order chi connectivity index (χ1) is 9.06. The molecule has 0 amide bonds. The predicted octanol–water partition coefficient (Wildman–Crippen LogP) is 2.72. The van der Waals surface area contributed by atoms with Gasteiger partial charge in [-0.05, 0) is 24.6 Å². The lowest BCUT2D eigenvalue weighted by atomic mass is 10.1. The number of hydrogen-bond acceptors (Lipinski definition) is 3. The van der Waals surface area contributed by atoms with Gasteiger partial charge in [-0.3, -0.25) is 0 Å². The first-order valence-electron chi connectivity index (χ1n) is 6.02. The molecule has 0 bridgehead atoms. The third-order valence-corrected chi connectivity index (χ3v) is 2.94. The van der Waals surface area contributed by atoms with E-state index in [2.05, 4.69) is 36.2 Å². The minimum Gasteiger partial charge on any atom is -0.477 e. The topological polar surface area (TPSA) is 53.4 Å². The number of carboxylic acids is 1. The van der Waals surface area contributed by atoms with Crippen molar-refractivity contribution in [1.82, 2.24) is 4.98 Å². The minimum atomic E-state index is -1.01. The van der Waals surface area contributed by atoms with Crippen LogP contribution in [0.3, 0.4) is 0 Å². The van der Waals surface area contributed by atoms with Crippen molar-refractivity contribution in [1.29, 1.82) is 0 Å². The SMILES string of the molecule is Cc1ccc(CN(C)c2ccnc(C(=O)O)c2)cc1. The van der Waals surface area contributed by atoms with E-state index in [4.69, 9.17) is 5.11 Å². The molecule has 1 N–H and O–H groups in total. The Balaban J connectivity index is 2.15. The molecule has 2 aromatic rings. The standard InChI is InChI=1S/C15H16N2O2/c1-11-3-5-12(6-4-11)10-17(2)13-7-8-16-14(9-13)15(18)19/h3-9H,10H2,1-2H3,(H,18,19). The molecular weight excluding hydrogens is 240 g/mol. The Labute approximate surface area is 112 Å². The van der Waals surface area contributed by atoms with E-state index in [1.807, 2.05) is 11.9 Å². The second-order valence-electron chi connectivity index (χ2n) is 4.55. The van der Waals surface area contributed by atoms with Crippen LogP contribution in [0.1, 0.15) is 21.6 Å². The average molecular weight is 256 g/mol. The van der Waals surface area contributed by atoms with E-state index >= 15 is 0 Å². The summed E-state index contributed by atoms with van der Waals surface area (Å²) in [5.74, 6) is -1.01. The molecule has 2 rings (SSSR count). The Kier molecular flexibility index (Phi) is 3.80. The lowest BCUT2D eigenvalue weighted by Gasteiger charge is -2.19. The number of carboxylic acid groups (broad SMARTS) is 1. The number of carbonyl (C=O) groups is 1. The molecule has 0 unspecified atom stereocenters. The average Bonchev–Trinajstić information content (AvgIpc) is 2.41. The van der Waals surface area contributed by atoms with Crippen LogP contribution in [0.5, 0.6) is 0 Å². The first kappa shape index (κ1) is 13.1. The highest BCUT2D eigenvalue weighted by atomic mass is 16.4. The maximum atomic E-state index is 10.9. The molecule has 0 saturated carbocycles. The Morgan fingerprint density at radius 2 is 1.95 bits per heavy atom. The number of rotatable bonds is 4. The Hall–Kier alpha value is -2.36. The van der Waals surface area contributed by atoms with E-state index in [1.54, 1.807) is 12.1 Å². The molecule has 0 radical (unpaired) electrons. The van der Waals surface area contributed by atoms with Gasteiger partial charge in [0.15, 0.2) is 0 Å². The number of aryl methyl sites for hydroxylation is 1. The van der Waals surface area contributed by atoms with Crippen LogP contribution in [0.4, 0.5) is 5.69 Å². The van der Waals surface area contributed by atoms with Crippen molar-refractivity contribution < 1.29 is 9.90 Å². The predicted molar refractivity (Wildman–Crippen MR) is 74.5 cm³/mol. The summed E-state index contributed by atoms with van der Waals surface area (Å²) in [6.07, 6.45) is 1.52. The second-order valence-corrected chi connectivity index (χ2v) is 4.55. The first-order valence-corrected chi connectivity index (χ1v) is 6.02. The van der Waals surface area contributed by atoms with E-state index in [0.29, 0.717) is 0 Å². The number of anilines is 1. The summed E-state index contributed by atoms with van der Waals surface area (Å²) in [4.78, 5) is 16.7. The van der Waals surface area contributed by atoms with Crippen molar-refractivity contribution in [3.05, 3.63) is 59.4 Å². The number of nitrogens with zero attached hydrogens (tertiary/aromatic N) is 2. The van der Waals surface area contributed by atoms with Crippen molar-refractivity contribution in [3.8, 4) is 0 Å². The molecule has 0 aliphatic rings. The maximum Gasteiger partial charge on any atom is 0.354 e. The molecule has 0 spiro atoms. The van der Waals surface area contributed by atoms with E-state index < -0.39 is 5.97 Å². The summed E-state index contributed by atoms with van der Waals surface area (Å²) in [7, 11) is 1.93. The van der Waals surface area contributed by atoms with Gasteiger partial charge in [0.2, 0.25) is 0 Å². The van der Waals surface area contributed by atoms with Gasteiger partial charge in [0.25, 0.3) is 0 Å². The molecule has 0 atom stereocenters. The Bertz CT molecular complexity index is 579. The van der Waals surface area contributed by atoms with E-state index in [1.165, 1.54) is 17.3 Å². The van der Waals surface area contributed by atoms with Crippen LogP contribution in [0.15, 0.2) is 42.6 Å². The molecule has 0 fully saturated rings. The Morgan fingerprint density at radius 1 is 1.26 bits per heavy atom. The van der Waals surface area contributed by atoms with Crippen molar-refractivity contribution in [2.75, 3.05) is 11.9 Å². The molecule has 1 heterocycles. The maximum absolute atomic E-state index is 10.9. The second kappa shape index (κ2) is 5.52. The van der Waals surface area contributed by atoms with Crippen molar-refractivity contribution >= 4 is 11.7 Å². The number of hydrogen-bond donors (Lipinski definition) is 1. The van der Waals surface area contributed by atoms with Gasteiger partial charge in [-0.15, -0.1) is 0 Å². The largest absolute Gasteiger partial charge is 0.477 e. The molecular formula is C15H16N2O2. The van der Waals surface area contributed by atoms with Gasteiger partial charge in [-0.25, -0.2) is 9.78 Å². The number of pyridine rings is 1. The molecule has 4 heteroatoms. The van der Waals surface area contributed by atoms with Gasteiger partial charge in [-0.1, -0.05) is 29.8 Å². The fourth-order valence-electron chi connectivity index (χ4n) is 1.83. The summed E-state index contributed by atoms with van der Waals surface area (Å²) in [6, 6.07) is 11.7. The molecule has 0 aliphatic carbocycles. The van der Waals surface area contributed by atoms with E-state index in [0.717, 1.165) is 12.2 Å². The smallest absolute Gasteiger partial charge is 0.354 e. The van der Waals surface area contributed by atoms with Crippen LogP contribution in [-0.2, 0) is 6.54 Å². The van der Waals surface area contributed by atoms with Crippen LogP contribution in [-0.4, -0.2) is 23.1 Å². The van der Waals surface area contributed by atoms with Crippen LogP contribution in [0.2, 0.25) is 0 Å². The highest BCUT2D eigenvalue weighted by Gasteiger charge is 2.08. The lowest BCUT2D eigenvalue weighted by Crippen LogP contribution is -2.17. The monoisotopic (exact) mass is 256 g/mol. The van der Waals surface area contributed by atoms with Crippen LogP contribution in [0, 0.1) is 6.92 Å². The molecule has 4 nitrogen and oxygen atoms in total. The summed E-state index contributed by atoms with van der Waals surface area (Å²) < 4.78 is 0. The van der Waals surface area contributed by atoms with Crippen molar-refractivity contribution in [2.45, 2.75) is 13.5 Å². The van der Waals surface area contributed by atoms with Gasteiger partial charge >= 0.3 is 5.97 Å². The van der Waals surface area contributed by atoms with Gasteiger partial charge in [-0.2, -0.15) is 0 Å². The van der Waals surface area contributed by atoms with Gasteiger partial charge in [0.05, 0.1) is 0 Å². The highest BCUT2D eigenvalue weighted by Crippen LogP contribution is 2.16. The zero-order valence-electron chi connectivity index (χ0n) is 11.0. The third kappa shape index (κ3) is 3.31. The minimum absolute atomic E-state index is 0.0632. The lowest BCUT2D eigenvalue weighted by molar-refractivity contribution is 0.0690. The Morgan fingerprint density at radius 3 is 2.58 bits per heavy atom. The quantitative estimate of drug-likeness (QED) is 0.913. The summed E-state index contributed by atoms with van der Waals surface area (Å²) in [6.45, 7) is 2.78. The van der Waals surface area contributed by atoms with E-state index in [-0.39, 0.29) is 5.69 Å². The highest BCUT2D eigenvalue weighted by molar-refractivity contribution is 5.86. The molecule has 19 heavy (non-hydrogen) atoms. The van der Waals surface area contributed by atoms with Crippen molar-refractivity contribution in [3.63, 3.8) is 0 Å². The molecule has 0 aliphatic heterocycles. The number of aromatic carboxylic acids is 1. The van der Waals surface area contributed by atoms with Crippen LogP contribution in [0.25, 0.3) is 0 Å². The third-order valence-electron chi connectivity index (χ3n) is 2.94. The fraction of sp³-hybridized carbons (Fsp3) is 0.200. The summed E-state index contributed by atoms with van der Waals surface area (Å²) >= 11 is 0. The molecule has 1 aromatic heterocycles. The van der Waals surface area contributed by atoms with Gasteiger partial charge in [0, 0.05) is 25.5 Å². The normalized spacial score (nSPS) is 10.2. The molecule has 98 valence electrons. The molecule has 0 saturated heterocycles. The van der Waals surface area contributed by atoms with Gasteiger partial charge in [0.1, 0.15) is 5.69 Å². The summed E-state index contributed by atoms with van der Waals surface area (Å²) in [5.41, 5.74) is 3.31. The summed E-state index contributed by atoms with van der Waals surface area (Å²) in [5, 5.41) is 8.93. The number of aromatic nitrogens is 1. The zero-order valence-corrected chi connectivity index (χ0v) is 11.0. The van der Waals surface area contributed by atoms with Crippen molar-refractivity contribution in [2.24, 2.45) is 0 Å². The van der Waals surface area contributed by atoms with Crippen LogP contribution < -0.4 is 4.90 Å². The van der Waals surface area contributed by atoms with Crippen LogP contribution >= 0.6 is 0 Å². The molecule has 1 aromatic carbocycles. The zero-order chi connectivity index (χ0) is 13.8.